The zero-order chi connectivity index (χ0) is 37.6. The van der Waals surface area contributed by atoms with Crippen LogP contribution in [0.5, 0.6) is 0 Å². The molecule has 0 aromatic rings. The number of allylic oxidation sites excluding steroid dienone is 2. The molecular formula is C49H92O3. The van der Waals surface area contributed by atoms with E-state index in [-0.39, 0.29) is 5.57 Å². The van der Waals surface area contributed by atoms with Crippen LogP contribution in [0.1, 0.15) is 271 Å². The standard InChI is InChI=1S/C49H92O3/c1-4-5-6-7-8-9-10-11-12-13-14-15-16-17-18-19-20-21-22-23-24-25-26-27-28-29-30-31-32-33-34-35-36-37-38-39-40-41-42-43-44-45-49(3)47(50)46(2)48(51)52-49/h13-14,47,50H,2,4-12,15-45H2,1,3H3. The van der Waals surface area contributed by atoms with Crippen LogP contribution >= 0.6 is 0 Å². The molecule has 1 fully saturated rings. The number of ether oxygens (including phenoxy) is 1. The first-order valence-electron chi connectivity index (χ1n) is 23.8. The maximum atomic E-state index is 11.6. The lowest BCUT2D eigenvalue weighted by Gasteiger charge is -2.25. The molecule has 1 aliphatic heterocycles. The number of carbonyl (C=O) groups is 1. The minimum absolute atomic E-state index is 0.207. The topological polar surface area (TPSA) is 46.5 Å². The van der Waals surface area contributed by atoms with Gasteiger partial charge in [-0.2, -0.15) is 0 Å². The molecule has 0 aliphatic carbocycles. The second-order valence-electron chi connectivity index (χ2n) is 17.2. The number of unbranched alkanes of at least 4 members (excludes halogenated alkanes) is 37. The van der Waals surface area contributed by atoms with E-state index in [1.165, 1.54) is 238 Å². The summed E-state index contributed by atoms with van der Waals surface area (Å²) < 4.78 is 5.36. The Hall–Kier alpha value is -1.09. The fourth-order valence-electron chi connectivity index (χ4n) is 8.14. The van der Waals surface area contributed by atoms with Crippen LogP contribution in [-0.4, -0.2) is 22.8 Å². The van der Waals surface area contributed by atoms with E-state index in [2.05, 4.69) is 25.7 Å². The van der Waals surface area contributed by atoms with E-state index >= 15 is 0 Å². The van der Waals surface area contributed by atoms with Gasteiger partial charge in [0.15, 0.2) is 0 Å². The van der Waals surface area contributed by atoms with Crippen molar-refractivity contribution in [1.82, 2.24) is 0 Å². The van der Waals surface area contributed by atoms with Gasteiger partial charge in [0, 0.05) is 0 Å². The minimum Gasteiger partial charge on any atom is -0.453 e. The lowest BCUT2D eigenvalue weighted by molar-refractivity contribution is -0.149. The van der Waals surface area contributed by atoms with E-state index in [4.69, 9.17) is 4.74 Å². The number of cyclic esters (lactones) is 1. The smallest absolute Gasteiger partial charge is 0.336 e. The van der Waals surface area contributed by atoms with E-state index in [1.54, 1.807) is 0 Å². The molecule has 1 rings (SSSR count). The van der Waals surface area contributed by atoms with Gasteiger partial charge in [0.1, 0.15) is 11.7 Å². The first kappa shape index (κ1) is 48.9. The fourth-order valence-corrected chi connectivity index (χ4v) is 8.14. The molecule has 2 atom stereocenters. The molecule has 1 N–H and O–H groups in total. The zero-order valence-corrected chi connectivity index (χ0v) is 35.5. The van der Waals surface area contributed by atoms with E-state index < -0.39 is 17.7 Å². The van der Waals surface area contributed by atoms with E-state index in [0.717, 1.165) is 19.3 Å². The largest absolute Gasteiger partial charge is 0.453 e. The fraction of sp³-hybridized carbons (Fsp3) is 0.898. The maximum Gasteiger partial charge on any atom is 0.336 e. The maximum absolute atomic E-state index is 11.6. The number of aliphatic hydroxyl groups excluding tert-OH is 1. The Kier molecular flexibility index (Phi) is 34.7. The highest BCUT2D eigenvalue weighted by Gasteiger charge is 2.47. The molecule has 0 bridgehead atoms. The molecule has 0 saturated carbocycles. The molecule has 3 nitrogen and oxygen atoms in total. The zero-order valence-electron chi connectivity index (χ0n) is 35.5. The summed E-state index contributed by atoms with van der Waals surface area (Å²) in [5.41, 5.74) is -0.560. The molecule has 52 heavy (non-hydrogen) atoms. The van der Waals surface area contributed by atoms with Crippen LogP contribution in [0.3, 0.4) is 0 Å². The third-order valence-corrected chi connectivity index (χ3v) is 11.9. The van der Waals surface area contributed by atoms with Crippen molar-refractivity contribution in [1.29, 1.82) is 0 Å². The quantitative estimate of drug-likeness (QED) is 0.0295. The number of rotatable bonds is 41. The van der Waals surface area contributed by atoms with Crippen LogP contribution < -0.4 is 0 Å². The highest BCUT2D eigenvalue weighted by molar-refractivity contribution is 5.92. The van der Waals surface area contributed by atoms with Crippen molar-refractivity contribution in [3.63, 3.8) is 0 Å². The van der Waals surface area contributed by atoms with Crippen molar-refractivity contribution in [3.05, 3.63) is 24.3 Å². The normalized spacial score (nSPS) is 17.6. The Morgan fingerprint density at radius 3 is 0.981 bits per heavy atom. The third kappa shape index (κ3) is 29.3. The van der Waals surface area contributed by atoms with Crippen LogP contribution in [0.4, 0.5) is 0 Å². The van der Waals surface area contributed by atoms with Crippen LogP contribution in [0.2, 0.25) is 0 Å². The van der Waals surface area contributed by atoms with Gasteiger partial charge in [0.05, 0.1) is 5.57 Å². The second kappa shape index (κ2) is 36.9. The molecule has 3 heteroatoms. The molecule has 0 amide bonds. The van der Waals surface area contributed by atoms with Gasteiger partial charge in [-0.25, -0.2) is 4.79 Å². The Morgan fingerprint density at radius 1 is 0.481 bits per heavy atom. The van der Waals surface area contributed by atoms with Gasteiger partial charge in [0.2, 0.25) is 0 Å². The number of hydrogen-bond acceptors (Lipinski definition) is 3. The lowest BCUT2D eigenvalue weighted by Crippen LogP contribution is -2.36. The number of aliphatic hydroxyl groups is 1. The second-order valence-corrected chi connectivity index (χ2v) is 17.2. The summed E-state index contributed by atoms with van der Waals surface area (Å²) in [5.74, 6) is -0.439. The monoisotopic (exact) mass is 729 g/mol. The summed E-state index contributed by atoms with van der Waals surface area (Å²) in [6.45, 7) is 7.78. The Bertz CT molecular complexity index is 817. The van der Waals surface area contributed by atoms with Gasteiger partial charge < -0.3 is 9.84 Å². The van der Waals surface area contributed by atoms with Gasteiger partial charge >= 0.3 is 5.97 Å². The Balaban J connectivity index is 1.65. The van der Waals surface area contributed by atoms with Crippen LogP contribution in [-0.2, 0) is 9.53 Å². The molecule has 1 heterocycles. The molecular weight excluding hydrogens is 637 g/mol. The van der Waals surface area contributed by atoms with Gasteiger partial charge in [-0.05, 0) is 45.4 Å². The molecule has 0 aromatic heterocycles. The SMILES string of the molecule is C=C1C(=O)OC(C)(CCCCCCCCCCCCCCCCCCCCCCCCCCCCCCCC=CCCCCCCCCCC)C1O. The summed E-state index contributed by atoms with van der Waals surface area (Å²) in [6.07, 6.45) is 59.5. The van der Waals surface area contributed by atoms with E-state index in [0.29, 0.717) is 0 Å². The van der Waals surface area contributed by atoms with E-state index in [1.807, 2.05) is 6.92 Å². The molecule has 306 valence electrons. The van der Waals surface area contributed by atoms with Crippen molar-refractivity contribution in [2.24, 2.45) is 0 Å². The average molecular weight is 729 g/mol. The van der Waals surface area contributed by atoms with Crippen molar-refractivity contribution in [2.75, 3.05) is 0 Å². The van der Waals surface area contributed by atoms with E-state index in [9.17, 15) is 9.90 Å². The van der Waals surface area contributed by atoms with Gasteiger partial charge in [-0.15, -0.1) is 0 Å². The highest BCUT2D eigenvalue weighted by atomic mass is 16.6. The number of carbonyl (C=O) groups excluding carboxylic acids is 1. The highest BCUT2D eigenvalue weighted by Crippen LogP contribution is 2.34. The molecule has 0 spiro atoms. The number of hydrogen-bond donors (Lipinski definition) is 1. The Morgan fingerprint density at radius 2 is 0.731 bits per heavy atom. The van der Waals surface area contributed by atoms with Crippen molar-refractivity contribution < 1.29 is 14.6 Å². The predicted molar refractivity (Wildman–Crippen MR) is 229 cm³/mol. The summed E-state index contributed by atoms with van der Waals surface area (Å²) in [5, 5.41) is 10.2. The third-order valence-electron chi connectivity index (χ3n) is 11.9. The van der Waals surface area contributed by atoms with Crippen LogP contribution in [0, 0.1) is 0 Å². The summed E-state index contributed by atoms with van der Waals surface area (Å²) >= 11 is 0. The Labute approximate surface area is 326 Å². The summed E-state index contributed by atoms with van der Waals surface area (Å²) in [4.78, 5) is 11.6. The van der Waals surface area contributed by atoms with Crippen molar-refractivity contribution in [3.8, 4) is 0 Å². The molecule has 1 saturated heterocycles. The van der Waals surface area contributed by atoms with Gasteiger partial charge in [0.25, 0.3) is 0 Å². The summed E-state index contributed by atoms with van der Waals surface area (Å²) in [7, 11) is 0. The molecule has 1 aliphatic rings. The molecule has 0 radical (unpaired) electrons. The van der Waals surface area contributed by atoms with Gasteiger partial charge in [-0.3, -0.25) is 0 Å². The first-order valence-corrected chi connectivity index (χ1v) is 23.8. The lowest BCUT2D eigenvalue weighted by atomic mass is 9.90. The first-order chi connectivity index (χ1) is 25.5. The summed E-state index contributed by atoms with van der Waals surface area (Å²) in [6, 6.07) is 0. The molecule has 0 aromatic carbocycles. The van der Waals surface area contributed by atoms with Crippen LogP contribution in [0.15, 0.2) is 24.3 Å². The average Bonchev–Trinajstić information content (AvgIpc) is 3.33. The van der Waals surface area contributed by atoms with Crippen molar-refractivity contribution in [2.45, 2.75) is 282 Å². The van der Waals surface area contributed by atoms with Gasteiger partial charge in [-0.1, -0.05) is 244 Å². The van der Waals surface area contributed by atoms with Crippen molar-refractivity contribution >= 4 is 5.97 Å². The molecule has 2 unspecified atom stereocenters. The minimum atomic E-state index is -0.850. The predicted octanol–water partition coefficient (Wildman–Crippen LogP) is 16.4. The number of esters is 1. The van der Waals surface area contributed by atoms with Crippen LogP contribution in [0.25, 0.3) is 0 Å².